The first-order valence-corrected chi connectivity index (χ1v) is 13.1. The summed E-state index contributed by atoms with van der Waals surface area (Å²) in [4.78, 5) is 0. The molecular formula is C28H46O2. The first-order chi connectivity index (χ1) is 14.2. The number of methoxy groups -OCH3 is 1. The molecule has 0 unspecified atom stereocenters. The highest BCUT2D eigenvalue weighted by Crippen LogP contribution is 2.82. The van der Waals surface area contributed by atoms with Gasteiger partial charge in [0.05, 0.1) is 12.2 Å². The van der Waals surface area contributed by atoms with Gasteiger partial charge in [-0.05, 0) is 104 Å². The maximum absolute atomic E-state index is 10.9. The molecular weight excluding hydrogens is 368 g/mol. The van der Waals surface area contributed by atoms with Gasteiger partial charge in [-0.1, -0.05) is 46.8 Å². The zero-order valence-corrected chi connectivity index (χ0v) is 20.4. The van der Waals surface area contributed by atoms with Crippen LogP contribution in [0, 0.1) is 57.7 Å². The van der Waals surface area contributed by atoms with Crippen LogP contribution in [0.1, 0.15) is 86.0 Å². The molecule has 2 nitrogen and oxygen atoms in total. The van der Waals surface area contributed by atoms with Crippen LogP contribution in [-0.4, -0.2) is 24.4 Å². The third-order valence-corrected chi connectivity index (χ3v) is 11.8. The van der Waals surface area contributed by atoms with E-state index in [-0.39, 0.29) is 6.10 Å². The van der Waals surface area contributed by atoms with Crippen molar-refractivity contribution in [1.29, 1.82) is 0 Å². The van der Waals surface area contributed by atoms with Gasteiger partial charge in [0.2, 0.25) is 0 Å². The predicted octanol–water partition coefficient (Wildman–Crippen LogP) is 6.48. The second-order valence-electron chi connectivity index (χ2n) is 12.9. The number of fused-ring (bicyclic) bond motifs is 4. The lowest BCUT2D eigenvalue weighted by atomic mass is 9.45. The predicted molar refractivity (Wildman–Crippen MR) is 123 cm³/mol. The van der Waals surface area contributed by atoms with Crippen LogP contribution in [0.15, 0.2) is 12.2 Å². The first kappa shape index (κ1) is 21.5. The summed E-state index contributed by atoms with van der Waals surface area (Å²) in [6.45, 7) is 12.0. The Morgan fingerprint density at radius 1 is 0.967 bits per heavy atom. The van der Waals surface area contributed by atoms with Gasteiger partial charge < -0.3 is 9.84 Å². The largest absolute Gasteiger partial charge is 0.389 e. The van der Waals surface area contributed by atoms with Crippen LogP contribution < -0.4 is 0 Å². The highest BCUT2D eigenvalue weighted by Gasteiger charge is 2.77. The van der Waals surface area contributed by atoms with E-state index >= 15 is 0 Å². The zero-order chi connectivity index (χ0) is 21.5. The van der Waals surface area contributed by atoms with Crippen molar-refractivity contribution in [2.75, 3.05) is 7.11 Å². The SMILES string of the molecule is CO[C@@H]1C[C@H]2[C@@H]3CC[C@H]([C@H](C)[C@@H](O)/C=C\C(C)C)[C@@]3(C)CC[C@@H]2[C@@]2(C)CC[C@H]3C[C@]312. The van der Waals surface area contributed by atoms with Crippen LogP contribution in [0.4, 0.5) is 0 Å². The molecule has 0 radical (unpaired) electrons. The van der Waals surface area contributed by atoms with Gasteiger partial charge in [-0.3, -0.25) is 0 Å². The van der Waals surface area contributed by atoms with Gasteiger partial charge in [0, 0.05) is 12.5 Å². The molecule has 5 aliphatic rings. The molecule has 30 heavy (non-hydrogen) atoms. The van der Waals surface area contributed by atoms with Gasteiger partial charge in [0.25, 0.3) is 0 Å². The van der Waals surface area contributed by atoms with Gasteiger partial charge >= 0.3 is 0 Å². The molecule has 170 valence electrons. The molecule has 0 saturated heterocycles. The summed E-state index contributed by atoms with van der Waals surface area (Å²) >= 11 is 0. The minimum atomic E-state index is -0.299. The van der Waals surface area contributed by atoms with Crippen LogP contribution in [0.3, 0.4) is 0 Å². The molecule has 1 spiro atoms. The van der Waals surface area contributed by atoms with E-state index in [1.54, 1.807) is 0 Å². The van der Waals surface area contributed by atoms with E-state index in [1.165, 1.54) is 51.4 Å². The number of aliphatic hydroxyl groups is 1. The maximum atomic E-state index is 10.9. The molecule has 0 amide bonds. The molecule has 5 saturated carbocycles. The van der Waals surface area contributed by atoms with Crippen LogP contribution in [0.25, 0.3) is 0 Å². The molecule has 2 heteroatoms. The molecule has 0 aromatic carbocycles. The fourth-order valence-electron chi connectivity index (χ4n) is 10.2. The number of hydrogen-bond acceptors (Lipinski definition) is 2. The summed E-state index contributed by atoms with van der Waals surface area (Å²) < 4.78 is 6.26. The fraction of sp³-hybridized carbons (Fsp3) is 0.929. The topological polar surface area (TPSA) is 29.5 Å². The number of allylic oxidation sites excluding steroid dienone is 1. The molecule has 5 rings (SSSR count). The quantitative estimate of drug-likeness (QED) is 0.522. The number of ether oxygens (including phenoxy) is 1. The van der Waals surface area contributed by atoms with Crippen molar-refractivity contribution in [2.24, 2.45) is 57.7 Å². The lowest BCUT2D eigenvalue weighted by Gasteiger charge is -2.61. The van der Waals surface area contributed by atoms with E-state index in [4.69, 9.17) is 4.74 Å². The summed E-state index contributed by atoms with van der Waals surface area (Å²) in [6.07, 6.45) is 15.6. The van der Waals surface area contributed by atoms with E-state index in [0.717, 1.165) is 23.7 Å². The van der Waals surface area contributed by atoms with Crippen molar-refractivity contribution < 1.29 is 9.84 Å². The first-order valence-electron chi connectivity index (χ1n) is 13.1. The second-order valence-corrected chi connectivity index (χ2v) is 12.9. The minimum absolute atomic E-state index is 0.299. The van der Waals surface area contributed by atoms with E-state index < -0.39 is 0 Å². The third-order valence-electron chi connectivity index (χ3n) is 11.8. The summed E-state index contributed by atoms with van der Waals surface area (Å²) in [7, 11) is 1.99. The number of rotatable bonds is 5. The number of hydrogen-bond donors (Lipinski definition) is 1. The smallest absolute Gasteiger partial charge is 0.0749 e. The maximum Gasteiger partial charge on any atom is 0.0749 e. The van der Waals surface area contributed by atoms with Crippen molar-refractivity contribution in [2.45, 2.75) is 98.2 Å². The molecule has 0 aliphatic heterocycles. The average Bonchev–Trinajstić information content (AvgIpc) is 3.22. The lowest BCUT2D eigenvalue weighted by molar-refractivity contribution is -0.162. The average molecular weight is 415 g/mol. The van der Waals surface area contributed by atoms with Crippen molar-refractivity contribution in [3.8, 4) is 0 Å². The third kappa shape index (κ3) is 2.68. The molecule has 0 bridgehead atoms. The van der Waals surface area contributed by atoms with Gasteiger partial charge in [0.1, 0.15) is 0 Å². The van der Waals surface area contributed by atoms with E-state index in [1.807, 2.05) is 7.11 Å². The Balaban J connectivity index is 1.40. The van der Waals surface area contributed by atoms with Crippen molar-refractivity contribution >= 4 is 0 Å². The number of aliphatic hydroxyl groups excluding tert-OH is 1. The molecule has 0 aromatic rings. The Morgan fingerprint density at radius 2 is 1.73 bits per heavy atom. The molecule has 5 aliphatic carbocycles. The Morgan fingerprint density at radius 3 is 2.40 bits per heavy atom. The Hall–Kier alpha value is -0.340. The fourth-order valence-corrected chi connectivity index (χ4v) is 10.2. The Labute approximate surface area is 185 Å². The summed E-state index contributed by atoms with van der Waals surface area (Å²) in [5, 5.41) is 10.9. The van der Waals surface area contributed by atoms with Gasteiger partial charge in [0.15, 0.2) is 0 Å². The molecule has 5 fully saturated rings. The van der Waals surface area contributed by atoms with Crippen molar-refractivity contribution in [1.82, 2.24) is 0 Å². The summed E-state index contributed by atoms with van der Waals surface area (Å²) in [5.74, 6) is 5.05. The van der Waals surface area contributed by atoms with Gasteiger partial charge in [-0.2, -0.15) is 0 Å². The summed E-state index contributed by atoms with van der Waals surface area (Å²) in [5.41, 5.74) is 1.44. The zero-order valence-electron chi connectivity index (χ0n) is 20.4. The highest BCUT2D eigenvalue weighted by molar-refractivity contribution is 5.26. The van der Waals surface area contributed by atoms with Crippen molar-refractivity contribution in [3.05, 3.63) is 12.2 Å². The summed E-state index contributed by atoms with van der Waals surface area (Å²) in [6, 6.07) is 0. The second kappa shape index (κ2) is 7.08. The highest BCUT2D eigenvalue weighted by atomic mass is 16.5. The van der Waals surface area contributed by atoms with E-state index in [9.17, 15) is 5.11 Å². The van der Waals surface area contributed by atoms with Crippen LogP contribution >= 0.6 is 0 Å². The molecule has 0 aromatic heterocycles. The molecule has 1 N–H and O–H groups in total. The monoisotopic (exact) mass is 414 g/mol. The van der Waals surface area contributed by atoms with Crippen LogP contribution in [0.2, 0.25) is 0 Å². The Kier molecular flexibility index (Phi) is 5.07. The normalized spacial score (nSPS) is 53.9. The van der Waals surface area contributed by atoms with E-state index in [2.05, 4.69) is 46.8 Å². The van der Waals surface area contributed by atoms with Gasteiger partial charge in [-0.25, -0.2) is 0 Å². The minimum Gasteiger partial charge on any atom is -0.389 e. The van der Waals surface area contributed by atoms with Crippen LogP contribution in [-0.2, 0) is 4.74 Å². The van der Waals surface area contributed by atoms with Crippen molar-refractivity contribution in [3.63, 3.8) is 0 Å². The lowest BCUT2D eigenvalue weighted by Crippen LogP contribution is -2.57. The van der Waals surface area contributed by atoms with E-state index in [0.29, 0.717) is 40.1 Å². The molecule has 11 atom stereocenters. The van der Waals surface area contributed by atoms with Crippen LogP contribution in [0.5, 0.6) is 0 Å². The molecule has 0 heterocycles. The van der Waals surface area contributed by atoms with Gasteiger partial charge in [-0.15, -0.1) is 0 Å². The standard InChI is InChI=1S/C28H46O2/c1-17(2)7-10-24(29)18(3)21-8-9-22-20-15-25(30-6)28-16-19(28)11-14-27(28,5)23(20)12-13-26(21,22)4/h7,10,17-25,29H,8-9,11-16H2,1-6H3/b10-7-/t18-,19-,20-,21+,22-,23-,24-,25+,26+,27+,28-/m0/s1. The Bertz CT molecular complexity index is 699.